The van der Waals surface area contributed by atoms with Gasteiger partial charge >= 0.3 is 11.9 Å². The van der Waals surface area contributed by atoms with Gasteiger partial charge in [-0.15, -0.1) is 12.4 Å². The predicted molar refractivity (Wildman–Crippen MR) is 51.6 cm³/mol. The lowest BCUT2D eigenvalue weighted by atomic mass is 9.86. The third-order valence-electron chi connectivity index (χ3n) is 2.45. The van der Waals surface area contributed by atoms with Crippen molar-refractivity contribution in [2.45, 2.75) is 6.42 Å². The summed E-state index contributed by atoms with van der Waals surface area (Å²) in [5, 5.41) is 17.5. The largest absolute Gasteiger partial charge is 0.481 e. The smallest absolute Gasteiger partial charge is 0.308 e. The number of likely N-dealkylation sites (tertiary alicyclic amines) is 1. The van der Waals surface area contributed by atoms with Crippen molar-refractivity contribution in [1.29, 1.82) is 0 Å². The lowest BCUT2D eigenvalue weighted by Gasteiger charge is -2.31. The van der Waals surface area contributed by atoms with Crippen LogP contribution in [0.2, 0.25) is 0 Å². The van der Waals surface area contributed by atoms with E-state index < -0.39 is 23.8 Å². The van der Waals surface area contributed by atoms with Gasteiger partial charge in [-0.3, -0.25) is 9.59 Å². The third kappa shape index (κ3) is 2.85. The summed E-state index contributed by atoms with van der Waals surface area (Å²) in [6.45, 7) is 0.979. The molecule has 0 aromatic heterocycles. The van der Waals surface area contributed by atoms with Crippen LogP contribution in [0.5, 0.6) is 0 Å². The van der Waals surface area contributed by atoms with E-state index in [0.29, 0.717) is 19.5 Å². The first-order valence-electron chi connectivity index (χ1n) is 4.16. The zero-order valence-corrected chi connectivity index (χ0v) is 8.66. The molecule has 0 bridgehead atoms. The Kier molecular flexibility index (Phi) is 4.87. The number of piperidine rings is 1. The summed E-state index contributed by atoms with van der Waals surface area (Å²) in [6.07, 6.45) is 0.419. The summed E-state index contributed by atoms with van der Waals surface area (Å²) < 4.78 is 0. The van der Waals surface area contributed by atoms with Gasteiger partial charge in [-0.25, -0.2) is 0 Å². The van der Waals surface area contributed by atoms with Crippen LogP contribution < -0.4 is 0 Å². The highest BCUT2D eigenvalue weighted by Gasteiger charge is 2.37. The Balaban J connectivity index is 0.00000169. The molecule has 0 aromatic carbocycles. The highest BCUT2D eigenvalue weighted by atomic mass is 35.5. The summed E-state index contributed by atoms with van der Waals surface area (Å²) in [5.74, 6) is -3.51. The second-order valence-electron chi connectivity index (χ2n) is 3.44. The maximum absolute atomic E-state index is 10.7. The fraction of sp³-hybridized carbons (Fsp3) is 0.750. The molecule has 0 aliphatic carbocycles. The quantitative estimate of drug-likeness (QED) is 0.697. The fourth-order valence-electron chi connectivity index (χ4n) is 1.66. The Labute approximate surface area is 88.1 Å². The Morgan fingerprint density at radius 3 is 2.14 bits per heavy atom. The molecule has 1 fully saturated rings. The van der Waals surface area contributed by atoms with E-state index in [-0.39, 0.29) is 12.4 Å². The molecule has 0 spiro atoms. The van der Waals surface area contributed by atoms with Crippen LogP contribution in [0.1, 0.15) is 6.42 Å². The minimum atomic E-state index is -1.01. The van der Waals surface area contributed by atoms with Gasteiger partial charge in [-0.2, -0.15) is 0 Å². The molecule has 0 aromatic rings. The van der Waals surface area contributed by atoms with Crippen molar-refractivity contribution >= 4 is 24.3 Å². The summed E-state index contributed by atoms with van der Waals surface area (Å²) in [6, 6.07) is 0. The topological polar surface area (TPSA) is 77.8 Å². The molecule has 6 heteroatoms. The van der Waals surface area contributed by atoms with Crippen molar-refractivity contribution in [3.8, 4) is 0 Å². The summed E-state index contributed by atoms with van der Waals surface area (Å²) in [4.78, 5) is 23.3. The molecule has 1 rings (SSSR count). The highest BCUT2D eigenvalue weighted by Crippen LogP contribution is 2.23. The SMILES string of the molecule is CN1CCC(C(=O)O)C(C(=O)O)C1.Cl. The minimum absolute atomic E-state index is 0. The van der Waals surface area contributed by atoms with Gasteiger partial charge in [-0.05, 0) is 20.0 Å². The van der Waals surface area contributed by atoms with Gasteiger partial charge < -0.3 is 15.1 Å². The van der Waals surface area contributed by atoms with Gasteiger partial charge in [0.05, 0.1) is 11.8 Å². The van der Waals surface area contributed by atoms with Crippen molar-refractivity contribution in [1.82, 2.24) is 4.90 Å². The van der Waals surface area contributed by atoms with Crippen molar-refractivity contribution < 1.29 is 19.8 Å². The minimum Gasteiger partial charge on any atom is -0.481 e. The van der Waals surface area contributed by atoms with Crippen molar-refractivity contribution in [2.75, 3.05) is 20.1 Å². The van der Waals surface area contributed by atoms with E-state index in [4.69, 9.17) is 10.2 Å². The van der Waals surface area contributed by atoms with E-state index in [9.17, 15) is 9.59 Å². The maximum Gasteiger partial charge on any atom is 0.308 e. The molecule has 1 heterocycles. The number of nitrogens with zero attached hydrogens (tertiary/aromatic N) is 1. The van der Waals surface area contributed by atoms with E-state index in [1.54, 1.807) is 7.05 Å². The van der Waals surface area contributed by atoms with Crippen molar-refractivity contribution in [2.24, 2.45) is 11.8 Å². The van der Waals surface area contributed by atoms with Gasteiger partial charge in [0.25, 0.3) is 0 Å². The van der Waals surface area contributed by atoms with Crippen molar-refractivity contribution in [3.05, 3.63) is 0 Å². The monoisotopic (exact) mass is 223 g/mol. The van der Waals surface area contributed by atoms with Crippen LogP contribution in [0, 0.1) is 11.8 Å². The molecule has 0 saturated carbocycles. The molecule has 1 aliphatic rings. The molecule has 0 amide bonds. The van der Waals surface area contributed by atoms with E-state index in [1.165, 1.54) is 0 Å². The molecule has 0 radical (unpaired) electrons. The van der Waals surface area contributed by atoms with Crippen LogP contribution >= 0.6 is 12.4 Å². The van der Waals surface area contributed by atoms with Gasteiger partial charge in [0.2, 0.25) is 0 Å². The number of hydrogen-bond donors (Lipinski definition) is 2. The first-order valence-corrected chi connectivity index (χ1v) is 4.16. The zero-order chi connectivity index (χ0) is 10.0. The van der Waals surface area contributed by atoms with Crippen LogP contribution in [-0.4, -0.2) is 47.2 Å². The average Bonchev–Trinajstić information content (AvgIpc) is 2.03. The van der Waals surface area contributed by atoms with Crippen LogP contribution in [0.15, 0.2) is 0 Å². The Hall–Kier alpha value is -0.810. The van der Waals surface area contributed by atoms with E-state index in [1.807, 2.05) is 4.90 Å². The van der Waals surface area contributed by atoms with Crippen LogP contribution in [-0.2, 0) is 9.59 Å². The van der Waals surface area contributed by atoms with E-state index >= 15 is 0 Å². The van der Waals surface area contributed by atoms with Crippen LogP contribution in [0.4, 0.5) is 0 Å². The molecule has 2 unspecified atom stereocenters. The number of carbonyl (C=O) groups is 2. The number of hydrogen-bond acceptors (Lipinski definition) is 3. The van der Waals surface area contributed by atoms with Gasteiger partial charge in [0.15, 0.2) is 0 Å². The van der Waals surface area contributed by atoms with Crippen LogP contribution in [0.3, 0.4) is 0 Å². The normalized spacial score (nSPS) is 27.8. The Morgan fingerprint density at radius 2 is 1.71 bits per heavy atom. The number of halogens is 1. The average molecular weight is 224 g/mol. The molecule has 5 nitrogen and oxygen atoms in total. The molecular formula is C8H14ClNO4. The molecule has 2 atom stereocenters. The van der Waals surface area contributed by atoms with E-state index in [0.717, 1.165) is 0 Å². The zero-order valence-electron chi connectivity index (χ0n) is 7.84. The second kappa shape index (κ2) is 5.17. The Bertz CT molecular complexity index is 233. The summed E-state index contributed by atoms with van der Waals surface area (Å²) >= 11 is 0. The number of carboxylic acids is 2. The lowest BCUT2D eigenvalue weighted by Crippen LogP contribution is -2.44. The predicted octanol–water partition coefficient (Wildman–Crippen LogP) is 0.145. The van der Waals surface area contributed by atoms with Crippen molar-refractivity contribution in [3.63, 3.8) is 0 Å². The highest BCUT2D eigenvalue weighted by molar-refractivity contribution is 5.85. The van der Waals surface area contributed by atoms with E-state index in [2.05, 4.69) is 0 Å². The number of aliphatic carboxylic acids is 2. The van der Waals surface area contributed by atoms with Gasteiger partial charge in [-0.1, -0.05) is 0 Å². The lowest BCUT2D eigenvalue weighted by molar-refractivity contribution is -0.156. The number of rotatable bonds is 2. The number of carboxylic acid groups (broad SMARTS) is 2. The molecular weight excluding hydrogens is 210 g/mol. The first-order chi connectivity index (χ1) is 6.02. The molecule has 1 aliphatic heterocycles. The van der Waals surface area contributed by atoms with Gasteiger partial charge in [0, 0.05) is 6.54 Å². The molecule has 1 saturated heterocycles. The molecule has 2 N–H and O–H groups in total. The second-order valence-corrected chi connectivity index (χ2v) is 3.44. The molecule has 82 valence electrons. The third-order valence-corrected chi connectivity index (χ3v) is 2.45. The van der Waals surface area contributed by atoms with Crippen LogP contribution in [0.25, 0.3) is 0 Å². The first kappa shape index (κ1) is 13.2. The Morgan fingerprint density at radius 1 is 1.21 bits per heavy atom. The summed E-state index contributed by atoms with van der Waals surface area (Å²) in [5.41, 5.74) is 0. The standard InChI is InChI=1S/C8H13NO4.ClH/c1-9-3-2-5(7(10)11)6(4-9)8(12)13;/h5-6H,2-4H2,1H3,(H,10,11)(H,12,13);1H. The van der Waals surface area contributed by atoms with Gasteiger partial charge in [0.1, 0.15) is 0 Å². The fourth-order valence-corrected chi connectivity index (χ4v) is 1.66. The summed E-state index contributed by atoms with van der Waals surface area (Å²) in [7, 11) is 1.80. The maximum atomic E-state index is 10.7. The molecule has 14 heavy (non-hydrogen) atoms.